The van der Waals surface area contributed by atoms with Crippen molar-refractivity contribution in [1.29, 1.82) is 0 Å². The van der Waals surface area contributed by atoms with Gasteiger partial charge in [0.05, 0.1) is 11.1 Å². The average molecular weight is 282 g/mol. The van der Waals surface area contributed by atoms with Crippen molar-refractivity contribution >= 4 is 11.3 Å². The molecule has 1 aromatic rings. The van der Waals surface area contributed by atoms with E-state index >= 15 is 0 Å². The standard InChI is InChI=1S/C15H26N2OS/c1-3-17-14(10-13-11-16-12-19-13)15(18-2)8-6-4-5-7-9-15/h11-12,14,17H,3-10H2,1-2H3. The fourth-order valence-electron chi connectivity index (χ4n) is 3.26. The minimum Gasteiger partial charge on any atom is -0.377 e. The van der Waals surface area contributed by atoms with Gasteiger partial charge in [0.1, 0.15) is 0 Å². The molecule has 0 spiro atoms. The van der Waals surface area contributed by atoms with Gasteiger partial charge < -0.3 is 10.1 Å². The minimum atomic E-state index is 0.0104. The van der Waals surface area contributed by atoms with Gasteiger partial charge in [0.25, 0.3) is 0 Å². The van der Waals surface area contributed by atoms with Gasteiger partial charge >= 0.3 is 0 Å². The molecule has 19 heavy (non-hydrogen) atoms. The lowest BCUT2D eigenvalue weighted by molar-refractivity contribution is -0.0521. The summed E-state index contributed by atoms with van der Waals surface area (Å²) in [5, 5.41) is 3.66. The van der Waals surface area contributed by atoms with Gasteiger partial charge in [-0.3, -0.25) is 4.98 Å². The molecule has 1 aliphatic rings. The van der Waals surface area contributed by atoms with E-state index in [9.17, 15) is 0 Å². The summed E-state index contributed by atoms with van der Waals surface area (Å²) in [4.78, 5) is 5.55. The van der Waals surface area contributed by atoms with Crippen LogP contribution in [0.1, 0.15) is 50.3 Å². The summed E-state index contributed by atoms with van der Waals surface area (Å²) in [7, 11) is 1.89. The van der Waals surface area contributed by atoms with E-state index in [1.54, 1.807) is 11.3 Å². The Morgan fingerprint density at radius 3 is 2.63 bits per heavy atom. The molecule has 1 aromatic heterocycles. The zero-order chi connectivity index (χ0) is 13.6. The van der Waals surface area contributed by atoms with Crippen LogP contribution in [-0.4, -0.2) is 30.3 Å². The van der Waals surface area contributed by atoms with E-state index in [1.807, 2.05) is 18.8 Å². The van der Waals surface area contributed by atoms with Gasteiger partial charge in [-0.25, -0.2) is 0 Å². The van der Waals surface area contributed by atoms with Crippen molar-refractivity contribution in [1.82, 2.24) is 10.3 Å². The van der Waals surface area contributed by atoms with Crippen LogP contribution in [0.5, 0.6) is 0 Å². The van der Waals surface area contributed by atoms with Crippen LogP contribution in [0.3, 0.4) is 0 Å². The van der Waals surface area contributed by atoms with Gasteiger partial charge in [0.15, 0.2) is 0 Å². The zero-order valence-corrected chi connectivity index (χ0v) is 13.0. The molecule has 0 aliphatic heterocycles. The molecule has 2 rings (SSSR count). The molecule has 1 unspecified atom stereocenters. The number of methoxy groups -OCH3 is 1. The summed E-state index contributed by atoms with van der Waals surface area (Å²) in [6.07, 6.45) is 10.7. The highest BCUT2D eigenvalue weighted by atomic mass is 32.1. The van der Waals surface area contributed by atoms with Crippen LogP contribution in [0.25, 0.3) is 0 Å². The van der Waals surface area contributed by atoms with Crippen molar-refractivity contribution in [2.75, 3.05) is 13.7 Å². The lowest BCUT2D eigenvalue weighted by Crippen LogP contribution is -2.53. The van der Waals surface area contributed by atoms with Crippen LogP contribution in [0.2, 0.25) is 0 Å². The molecule has 0 saturated heterocycles. The Morgan fingerprint density at radius 1 is 1.37 bits per heavy atom. The first-order valence-corrected chi connectivity index (χ1v) is 8.34. The van der Waals surface area contributed by atoms with Crippen LogP contribution in [0.15, 0.2) is 11.7 Å². The molecule has 3 nitrogen and oxygen atoms in total. The van der Waals surface area contributed by atoms with Crippen LogP contribution in [0, 0.1) is 0 Å². The van der Waals surface area contributed by atoms with Crippen molar-refractivity contribution in [3.63, 3.8) is 0 Å². The quantitative estimate of drug-likeness (QED) is 0.812. The first-order valence-electron chi connectivity index (χ1n) is 7.46. The van der Waals surface area contributed by atoms with Crippen LogP contribution in [-0.2, 0) is 11.2 Å². The highest BCUT2D eigenvalue weighted by Gasteiger charge is 2.38. The summed E-state index contributed by atoms with van der Waals surface area (Å²) in [6.45, 7) is 3.17. The number of nitrogens with zero attached hydrogens (tertiary/aromatic N) is 1. The third kappa shape index (κ3) is 3.77. The molecule has 1 saturated carbocycles. The summed E-state index contributed by atoms with van der Waals surface area (Å²) in [6, 6.07) is 0.404. The summed E-state index contributed by atoms with van der Waals surface area (Å²) in [5.74, 6) is 0. The molecular formula is C15H26N2OS. The van der Waals surface area contributed by atoms with Crippen molar-refractivity contribution in [2.45, 2.75) is 63.5 Å². The Balaban J connectivity index is 2.13. The predicted molar refractivity (Wildman–Crippen MR) is 80.7 cm³/mol. The summed E-state index contributed by atoms with van der Waals surface area (Å²) >= 11 is 1.75. The molecule has 4 heteroatoms. The van der Waals surface area contributed by atoms with Crippen molar-refractivity contribution < 1.29 is 4.74 Å². The normalized spacial score (nSPS) is 20.9. The number of hydrogen-bond donors (Lipinski definition) is 1. The smallest absolute Gasteiger partial charge is 0.0834 e. The van der Waals surface area contributed by atoms with E-state index in [2.05, 4.69) is 17.2 Å². The first-order chi connectivity index (χ1) is 9.30. The number of likely N-dealkylation sites (N-methyl/N-ethyl adjacent to an activating group) is 1. The van der Waals surface area contributed by atoms with Gasteiger partial charge in [-0.05, 0) is 19.4 Å². The molecule has 0 bridgehead atoms. The fraction of sp³-hybridized carbons (Fsp3) is 0.800. The Kier molecular flexibility index (Phi) is 5.79. The number of aromatic nitrogens is 1. The molecule has 108 valence electrons. The average Bonchev–Trinajstić information content (AvgIpc) is 2.81. The number of ether oxygens (including phenoxy) is 1. The molecule has 0 radical (unpaired) electrons. The van der Waals surface area contributed by atoms with Crippen molar-refractivity contribution in [3.05, 3.63) is 16.6 Å². The van der Waals surface area contributed by atoms with Crippen LogP contribution < -0.4 is 5.32 Å². The van der Waals surface area contributed by atoms with Crippen LogP contribution in [0.4, 0.5) is 0 Å². The Hall–Kier alpha value is -0.450. The van der Waals surface area contributed by atoms with Gasteiger partial charge in [0, 0.05) is 30.6 Å². The van der Waals surface area contributed by atoms with E-state index in [4.69, 9.17) is 4.74 Å². The second-order valence-electron chi connectivity index (χ2n) is 5.47. The summed E-state index contributed by atoms with van der Waals surface area (Å²) in [5.41, 5.74) is 1.93. The molecule has 1 heterocycles. The molecule has 0 amide bonds. The maximum Gasteiger partial charge on any atom is 0.0834 e. The molecule has 1 fully saturated rings. The SMILES string of the molecule is CCNC(Cc1cncs1)C1(OC)CCCCCC1. The van der Waals surface area contributed by atoms with Crippen molar-refractivity contribution in [2.24, 2.45) is 0 Å². The van der Waals surface area contributed by atoms with E-state index in [-0.39, 0.29) is 5.60 Å². The van der Waals surface area contributed by atoms with Crippen LogP contribution >= 0.6 is 11.3 Å². The number of nitrogens with one attached hydrogen (secondary N) is 1. The molecule has 1 aliphatic carbocycles. The minimum absolute atomic E-state index is 0.0104. The number of rotatable bonds is 6. The summed E-state index contributed by atoms with van der Waals surface area (Å²) < 4.78 is 6.04. The lowest BCUT2D eigenvalue weighted by atomic mass is 9.84. The highest BCUT2D eigenvalue weighted by molar-refractivity contribution is 7.09. The maximum absolute atomic E-state index is 6.04. The third-order valence-corrected chi connectivity index (χ3v) is 5.13. The number of thiazole rings is 1. The molecule has 1 N–H and O–H groups in total. The zero-order valence-electron chi connectivity index (χ0n) is 12.2. The van der Waals surface area contributed by atoms with E-state index < -0.39 is 0 Å². The second kappa shape index (κ2) is 7.36. The fourth-order valence-corrected chi connectivity index (χ4v) is 3.90. The lowest BCUT2D eigenvalue weighted by Gasteiger charge is -2.39. The maximum atomic E-state index is 6.04. The van der Waals surface area contributed by atoms with Gasteiger partial charge in [-0.15, -0.1) is 11.3 Å². The van der Waals surface area contributed by atoms with E-state index in [1.165, 1.54) is 43.4 Å². The molecule has 0 aromatic carbocycles. The van der Waals surface area contributed by atoms with Gasteiger partial charge in [0.2, 0.25) is 0 Å². The number of hydrogen-bond acceptors (Lipinski definition) is 4. The van der Waals surface area contributed by atoms with Gasteiger partial charge in [-0.2, -0.15) is 0 Å². The van der Waals surface area contributed by atoms with Crippen molar-refractivity contribution in [3.8, 4) is 0 Å². The second-order valence-corrected chi connectivity index (χ2v) is 6.44. The highest BCUT2D eigenvalue weighted by Crippen LogP contribution is 2.34. The largest absolute Gasteiger partial charge is 0.377 e. The Bertz CT molecular complexity index is 345. The topological polar surface area (TPSA) is 34.2 Å². The monoisotopic (exact) mass is 282 g/mol. The van der Waals surface area contributed by atoms with Gasteiger partial charge in [-0.1, -0.05) is 32.6 Å². The van der Waals surface area contributed by atoms with E-state index in [0.29, 0.717) is 6.04 Å². The van der Waals surface area contributed by atoms with E-state index in [0.717, 1.165) is 13.0 Å². The predicted octanol–water partition coefficient (Wildman–Crippen LogP) is 3.40. The molecule has 1 atom stereocenters. The Morgan fingerprint density at radius 2 is 2.11 bits per heavy atom. The molecular weight excluding hydrogens is 256 g/mol. The first kappa shape index (κ1) is 14.9. The Labute approximate surface area is 120 Å². The third-order valence-electron chi connectivity index (χ3n) is 4.33.